The van der Waals surface area contributed by atoms with Crippen LogP contribution in [0.1, 0.15) is 21.6 Å². The molecule has 1 N–H and O–H groups in total. The van der Waals surface area contributed by atoms with Gasteiger partial charge in [-0.25, -0.2) is 9.18 Å². The van der Waals surface area contributed by atoms with Crippen molar-refractivity contribution in [1.29, 1.82) is 5.26 Å². The molecule has 0 saturated carbocycles. The minimum absolute atomic E-state index is 0.0713. The smallest absolute Gasteiger partial charge is 0.352 e. The van der Waals surface area contributed by atoms with Gasteiger partial charge in [-0.15, -0.1) is 0 Å². The van der Waals surface area contributed by atoms with Crippen molar-refractivity contribution in [3.63, 3.8) is 0 Å². The first kappa shape index (κ1) is 14.2. The Kier molecular flexibility index (Phi) is 3.67. The fourth-order valence-corrected chi connectivity index (χ4v) is 1.88. The van der Waals surface area contributed by atoms with Crippen LogP contribution in [0.2, 0.25) is 0 Å². The molecule has 0 fully saturated rings. The molecule has 2 aromatic rings. The number of halogens is 1. The van der Waals surface area contributed by atoms with E-state index in [1.54, 1.807) is 6.07 Å². The number of aromatic carboxylic acids is 1. The first-order valence-corrected chi connectivity index (χ1v) is 5.69. The molecular formula is C13H8FN3O4. The van der Waals surface area contributed by atoms with Crippen molar-refractivity contribution in [2.45, 2.75) is 6.54 Å². The fraction of sp³-hybridized carbons (Fsp3) is 0.0769. The maximum Gasteiger partial charge on any atom is 0.352 e. The van der Waals surface area contributed by atoms with Gasteiger partial charge < -0.3 is 9.67 Å². The van der Waals surface area contributed by atoms with Crippen LogP contribution in [0.4, 0.5) is 10.1 Å². The monoisotopic (exact) mass is 289 g/mol. The van der Waals surface area contributed by atoms with Crippen LogP contribution >= 0.6 is 0 Å². The number of nitriles is 1. The second-order valence-corrected chi connectivity index (χ2v) is 4.16. The third-order valence-electron chi connectivity index (χ3n) is 2.85. The number of aromatic nitrogens is 1. The molecule has 0 amide bonds. The maximum atomic E-state index is 13.9. The van der Waals surface area contributed by atoms with Crippen molar-refractivity contribution in [2.75, 3.05) is 0 Å². The van der Waals surface area contributed by atoms with Crippen molar-refractivity contribution in [3.05, 3.63) is 63.2 Å². The standard InChI is InChI=1S/C13H8FN3O4/c14-12-8(5-15)2-1-3-9(12)6-16-7-10(17(20)21)4-11(16)13(18)19/h1-4,7H,6H2,(H,18,19). The minimum atomic E-state index is -1.36. The number of hydrogen-bond donors (Lipinski definition) is 1. The Morgan fingerprint density at radius 2 is 2.24 bits per heavy atom. The summed E-state index contributed by atoms with van der Waals surface area (Å²) in [7, 11) is 0. The van der Waals surface area contributed by atoms with E-state index in [0.29, 0.717) is 0 Å². The molecule has 8 heteroatoms. The van der Waals surface area contributed by atoms with Crippen molar-refractivity contribution >= 4 is 11.7 Å². The summed E-state index contributed by atoms with van der Waals surface area (Å²) in [5, 5.41) is 28.5. The molecule has 0 aliphatic rings. The lowest BCUT2D eigenvalue weighted by atomic mass is 10.1. The van der Waals surface area contributed by atoms with Crippen LogP contribution in [-0.4, -0.2) is 20.6 Å². The van der Waals surface area contributed by atoms with E-state index in [2.05, 4.69) is 0 Å². The number of hydrogen-bond acceptors (Lipinski definition) is 4. The summed E-state index contributed by atoms with van der Waals surface area (Å²) in [6, 6.07) is 6.69. The molecule has 0 spiro atoms. The molecule has 0 atom stereocenters. The summed E-state index contributed by atoms with van der Waals surface area (Å²) in [5.74, 6) is -2.13. The normalized spacial score (nSPS) is 10.1. The molecule has 0 saturated heterocycles. The predicted octanol–water partition coefficient (Wildman–Crippen LogP) is 2.15. The molecule has 1 heterocycles. The Labute approximate surface area is 117 Å². The summed E-state index contributed by atoms with van der Waals surface area (Å²) >= 11 is 0. The van der Waals surface area contributed by atoms with Crippen molar-refractivity contribution in [2.24, 2.45) is 0 Å². The van der Waals surface area contributed by atoms with Gasteiger partial charge in [0.25, 0.3) is 5.69 Å². The molecule has 0 bridgehead atoms. The van der Waals surface area contributed by atoms with Gasteiger partial charge in [0.1, 0.15) is 17.6 Å². The van der Waals surface area contributed by atoms with Gasteiger partial charge in [-0.1, -0.05) is 12.1 Å². The summed E-state index contributed by atoms with van der Waals surface area (Å²) in [5.41, 5.74) is -0.833. The van der Waals surface area contributed by atoms with Gasteiger partial charge in [-0.3, -0.25) is 10.1 Å². The SMILES string of the molecule is N#Cc1cccc(Cn2cc([N+](=O)[O-])cc2C(=O)O)c1F. The molecule has 21 heavy (non-hydrogen) atoms. The van der Waals surface area contributed by atoms with Crippen LogP contribution in [0.15, 0.2) is 30.5 Å². The zero-order chi connectivity index (χ0) is 15.6. The Morgan fingerprint density at radius 3 is 2.81 bits per heavy atom. The summed E-state index contributed by atoms with van der Waals surface area (Å²) in [6.45, 7) is -0.225. The largest absolute Gasteiger partial charge is 0.477 e. The van der Waals surface area contributed by atoms with E-state index in [1.807, 2.05) is 0 Å². The topological polar surface area (TPSA) is 109 Å². The van der Waals surface area contributed by atoms with E-state index in [-0.39, 0.29) is 23.4 Å². The van der Waals surface area contributed by atoms with E-state index < -0.39 is 22.4 Å². The fourth-order valence-electron chi connectivity index (χ4n) is 1.88. The Balaban J connectivity index is 2.47. The second kappa shape index (κ2) is 5.42. The number of carbonyl (C=O) groups is 1. The molecule has 2 rings (SSSR count). The van der Waals surface area contributed by atoms with Crippen molar-refractivity contribution in [3.8, 4) is 6.07 Å². The lowest BCUT2D eigenvalue weighted by Crippen LogP contribution is -2.09. The van der Waals surface area contributed by atoms with Crippen LogP contribution < -0.4 is 0 Å². The van der Waals surface area contributed by atoms with Crippen LogP contribution in [-0.2, 0) is 6.54 Å². The van der Waals surface area contributed by atoms with Gasteiger partial charge in [0.05, 0.1) is 23.2 Å². The van der Waals surface area contributed by atoms with E-state index in [1.165, 1.54) is 18.2 Å². The van der Waals surface area contributed by atoms with Gasteiger partial charge >= 0.3 is 5.97 Å². The Bertz CT molecular complexity index is 776. The zero-order valence-electron chi connectivity index (χ0n) is 10.5. The maximum absolute atomic E-state index is 13.9. The van der Waals surface area contributed by atoms with E-state index in [0.717, 1.165) is 16.8 Å². The highest BCUT2D eigenvalue weighted by atomic mass is 19.1. The van der Waals surface area contributed by atoms with Gasteiger partial charge in [-0.05, 0) is 6.07 Å². The number of nitrogens with zero attached hydrogens (tertiary/aromatic N) is 3. The van der Waals surface area contributed by atoms with E-state index in [9.17, 15) is 19.3 Å². The van der Waals surface area contributed by atoms with Gasteiger partial charge in [0.15, 0.2) is 0 Å². The lowest BCUT2D eigenvalue weighted by molar-refractivity contribution is -0.384. The highest BCUT2D eigenvalue weighted by Gasteiger charge is 2.20. The second-order valence-electron chi connectivity index (χ2n) is 4.16. The summed E-state index contributed by atoms with van der Waals surface area (Å²) in [6.07, 6.45) is 1.02. The number of benzene rings is 1. The third-order valence-corrected chi connectivity index (χ3v) is 2.85. The highest BCUT2D eigenvalue weighted by Crippen LogP contribution is 2.20. The molecule has 0 aliphatic heterocycles. The number of carboxylic acids is 1. The molecule has 1 aromatic carbocycles. The molecular weight excluding hydrogens is 281 g/mol. The average Bonchev–Trinajstić information content (AvgIpc) is 2.85. The predicted molar refractivity (Wildman–Crippen MR) is 68.3 cm³/mol. The molecule has 106 valence electrons. The Hall–Kier alpha value is -3.21. The number of carboxylic acid groups (broad SMARTS) is 1. The first-order chi connectivity index (χ1) is 9.93. The van der Waals surface area contributed by atoms with Gasteiger partial charge in [0, 0.05) is 11.6 Å². The van der Waals surface area contributed by atoms with E-state index >= 15 is 0 Å². The minimum Gasteiger partial charge on any atom is -0.477 e. The van der Waals surface area contributed by atoms with E-state index in [4.69, 9.17) is 10.4 Å². The number of rotatable bonds is 4. The quantitative estimate of drug-likeness (QED) is 0.685. The molecule has 0 radical (unpaired) electrons. The molecule has 0 aliphatic carbocycles. The zero-order valence-corrected chi connectivity index (χ0v) is 10.5. The third kappa shape index (κ3) is 2.71. The van der Waals surface area contributed by atoms with Crippen LogP contribution in [0, 0.1) is 27.3 Å². The summed E-state index contributed by atoms with van der Waals surface area (Å²) < 4.78 is 15.0. The van der Waals surface area contributed by atoms with Crippen molar-refractivity contribution < 1.29 is 19.2 Å². The lowest BCUT2D eigenvalue weighted by Gasteiger charge is -2.07. The number of nitro groups is 1. The van der Waals surface area contributed by atoms with Crippen molar-refractivity contribution in [1.82, 2.24) is 4.57 Å². The van der Waals surface area contributed by atoms with Crippen LogP contribution in [0.5, 0.6) is 0 Å². The molecule has 0 unspecified atom stereocenters. The van der Waals surface area contributed by atoms with Crippen LogP contribution in [0.25, 0.3) is 0 Å². The molecule has 7 nitrogen and oxygen atoms in total. The van der Waals surface area contributed by atoms with Gasteiger partial charge in [-0.2, -0.15) is 5.26 Å². The van der Waals surface area contributed by atoms with Gasteiger partial charge in [0.2, 0.25) is 0 Å². The van der Waals surface area contributed by atoms with Crippen LogP contribution in [0.3, 0.4) is 0 Å². The Morgan fingerprint density at radius 1 is 1.52 bits per heavy atom. The highest BCUT2D eigenvalue weighted by molar-refractivity contribution is 5.87. The summed E-state index contributed by atoms with van der Waals surface area (Å²) in [4.78, 5) is 21.0. The molecule has 1 aromatic heterocycles. The average molecular weight is 289 g/mol. The first-order valence-electron chi connectivity index (χ1n) is 5.69.